The summed E-state index contributed by atoms with van der Waals surface area (Å²) in [5, 5.41) is 0.615. The number of rotatable bonds is 6. The molecule has 0 radical (unpaired) electrons. The van der Waals surface area contributed by atoms with Crippen LogP contribution in [0.1, 0.15) is 25.8 Å². The lowest BCUT2D eigenvalue weighted by molar-refractivity contribution is -0.110. The van der Waals surface area contributed by atoms with Crippen molar-refractivity contribution in [1.29, 1.82) is 0 Å². The Hall–Kier alpha value is -1.84. The number of carbonyl (C=O) groups excluding carboxylic acids is 2. The van der Waals surface area contributed by atoms with Crippen molar-refractivity contribution in [3.8, 4) is 0 Å². The molecule has 2 atom stereocenters. The molecule has 0 aliphatic heterocycles. The van der Waals surface area contributed by atoms with E-state index in [2.05, 4.69) is 0 Å². The molecule has 0 heterocycles. The van der Waals surface area contributed by atoms with Crippen LogP contribution in [0.25, 0.3) is 0 Å². The Labute approximate surface area is 109 Å². The average molecular weight is 251 g/mol. The second kappa shape index (κ2) is 7.48. The van der Waals surface area contributed by atoms with E-state index in [0.29, 0.717) is 18.0 Å². The summed E-state index contributed by atoms with van der Waals surface area (Å²) >= 11 is 0. The highest BCUT2D eigenvalue weighted by atomic mass is 16.5. The maximum atomic E-state index is 11.7. The van der Waals surface area contributed by atoms with Crippen molar-refractivity contribution in [3.63, 3.8) is 0 Å². The van der Waals surface area contributed by atoms with E-state index in [1.165, 1.54) is 0 Å². The van der Waals surface area contributed by atoms with Gasteiger partial charge in [-0.3, -0.25) is 0 Å². The van der Waals surface area contributed by atoms with Crippen molar-refractivity contribution in [3.05, 3.63) is 35.9 Å². The zero-order chi connectivity index (χ0) is 14.3. The van der Waals surface area contributed by atoms with Gasteiger partial charge in [-0.25, -0.2) is 4.79 Å². The summed E-state index contributed by atoms with van der Waals surface area (Å²) in [6, 6.07) is 8.44. The first-order chi connectivity index (χ1) is 9.10. The Bertz CT molecular complexity index is 410. The minimum atomic E-state index is -0.804. The van der Waals surface area contributed by atoms with Crippen molar-refractivity contribution in [2.24, 2.45) is 5.92 Å². The van der Waals surface area contributed by atoms with Gasteiger partial charge in [-0.1, -0.05) is 50.6 Å². The number of amides is 1. The summed E-state index contributed by atoms with van der Waals surface area (Å²) in [5.74, 6) is -0.0701. The highest BCUT2D eigenvalue weighted by molar-refractivity contribution is 5.73. The van der Waals surface area contributed by atoms with Gasteiger partial charge in [0.2, 0.25) is 0 Å². The second-order valence-corrected chi connectivity index (χ2v) is 4.18. The van der Waals surface area contributed by atoms with Crippen molar-refractivity contribution in [2.75, 3.05) is 0 Å². The lowest BCUT2D eigenvalue weighted by Crippen LogP contribution is -2.40. The van der Waals surface area contributed by atoms with Crippen LogP contribution in [0.15, 0.2) is 30.3 Å². The number of carbonyl (C=O) groups is 2. The van der Waals surface area contributed by atoms with Crippen LogP contribution in [-0.2, 0) is 16.1 Å². The van der Waals surface area contributed by atoms with Crippen LogP contribution >= 0.6 is 0 Å². The third kappa shape index (κ3) is 4.57. The SMILES string of the molecule is [3H]N(C(=O)OCc1ccccc1)[C@H](C=O)[C@@H](C)CC. The van der Waals surface area contributed by atoms with Gasteiger partial charge in [0.25, 0.3) is 0 Å². The number of alkyl carbamates (subject to hydrolysis) is 1. The summed E-state index contributed by atoms with van der Waals surface area (Å²) in [6.45, 7) is 3.83. The predicted octanol–water partition coefficient (Wildman–Crippen LogP) is 2.53. The average Bonchev–Trinajstić information content (AvgIpc) is 2.46. The number of aldehydes is 1. The summed E-state index contributed by atoms with van der Waals surface area (Å²) in [4.78, 5) is 22.7. The van der Waals surface area contributed by atoms with Crippen LogP contribution in [-0.4, -0.2) is 18.4 Å². The normalized spacial score (nSPS) is 14.2. The van der Waals surface area contributed by atoms with E-state index >= 15 is 0 Å². The molecule has 0 aromatic heterocycles. The fraction of sp³-hybridized carbons (Fsp3) is 0.429. The molecule has 1 aromatic rings. The topological polar surface area (TPSA) is 55.4 Å². The van der Waals surface area contributed by atoms with Gasteiger partial charge in [0, 0.05) is 0 Å². The van der Waals surface area contributed by atoms with Crippen LogP contribution in [0, 0.1) is 5.92 Å². The van der Waals surface area contributed by atoms with Gasteiger partial charge in [-0.2, -0.15) is 0 Å². The molecule has 4 heteroatoms. The number of hydrogen-bond donors (Lipinski definition) is 1. The zero-order valence-corrected chi connectivity index (χ0v) is 10.7. The summed E-state index contributed by atoms with van der Waals surface area (Å²) < 4.78 is 12.7. The number of benzene rings is 1. The minimum Gasteiger partial charge on any atom is -0.445 e. The van der Waals surface area contributed by atoms with Crippen molar-refractivity contribution in [2.45, 2.75) is 32.9 Å². The highest BCUT2D eigenvalue weighted by Gasteiger charge is 2.17. The Kier molecular flexibility index (Phi) is 5.24. The van der Waals surface area contributed by atoms with Gasteiger partial charge in [0.1, 0.15) is 12.9 Å². The fourth-order valence-corrected chi connectivity index (χ4v) is 1.41. The first kappa shape index (κ1) is 12.6. The number of ether oxygens (including phenoxy) is 1. The van der Waals surface area contributed by atoms with Crippen molar-refractivity contribution >= 4 is 12.4 Å². The molecular weight excluding hydrogens is 230 g/mol. The quantitative estimate of drug-likeness (QED) is 0.790. The first-order valence-electron chi connectivity index (χ1n) is 6.49. The van der Waals surface area contributed by atoms with Crippen LogP contribution in [0.2, 0.25) is 1.41 Å². The predicted molar refractivity (Wildman–Crippen MR) is 69.1 cm³/mol. The van der Waals surface area contributed by atoms with Gasteiger partial charge in [0.15, 0.2) is 1.41 Å². The monoisotopic (exact) mass is 251 g/mol. The van der Waals surface area contributed by atoms with E-state index in [1.54, 1.807) is 0 Å². The Morgan fingerprint density at radius 3 is 2.72 bits per heavy atom. The Balaban J connectivity index is 2.54. The third-order valence-electron chi connectivity index (χ3n) is 2.83. The molecule has 1 N–H and O–H groups in total. The van der Waals surface area contributed by atoms with Crippen molar-refractivity contribution in [1.82, 2.24) is 5.31 Å². The molecule has 98 valence electrons. The molecule has 0 saturated carbocycles. The number of hydrogen-bond acceptors (Lipinski definition) is 3. The first-order valence-corrected chi connectivity index (χ1v) is 6.04. The summed E-state index contributed by atoms with van der Waals surface area (Å²) in [5.41, 5.74) is 0.843. The lowest BCUT2D eigenvalue weighted by Gasteiger charge is -2.18. The van der Waals surface area contributed by atoms with E-state index in [1.807, 2.05) is 44.2 Å². The molecular formula is C14H19NO3. The maximum absolute atomic E-state index is 11.7. The molecule has 4 nitrogen and oxygen atoms in total. The van der Waals surface area contributed by atoms with Crippen LogP contribution in [0.3, 0.4) is 0 Å². The largest absolute Gasteiger partial charge is 0.445 e. The smallest absolute Gasteiger partial charge is 0.408 e. The van der Waals surface area contributed by atoms with Gasteiger partial charge in [0.05, 0.1) is 6.04 Å². The second-order valence-electron chi connectivity index (χ2n) is 4.18. The lowest BCUT2D eigenvalue weighted by atomic mass is 10.0. The maximum Gasteiger partial charge on any atom is 0.408 e. The molecule has 18 heavy (non-hydrogen) atoms. The summed E-state index contributed by atoms with van der Waals surface area (Å²) in [6.07, 6.45) is 0.525. The summed E-state index contributed by atoms with van der Waals surface area (Å²) in [7, 11) is 0. The molecule has 1 rings (SSSR count). The van der Waals surface area contributed by atoms with Gasteiger partial charge in [-0.05, 0) is 11.5 Å². The van der Waals surface area contributed by atoms with Crippen LogP contribution in [0.5, 0.6) is 0 Å². The molecule has 0 spiro atoms. The molecule has 1 amide bonds. The van der Waals surface area contributed by atoms with Gasteiger partial charge >= 0.3 is 6.09 Å². The Morgan fingerprint density at radius 2 is 2.17 bits per heavy atom. The van der Waals surface area contributed by atoms with E-state index < -0.39 is 12.1 Å². The standard InChI is InChI=1S/C14H19NO3/c1-3-11(2)13(9-16)15-14(17)18-10-12-7-5-4-6-8-12/h4-9,11,13H,3,10H2,1-2H3,(H,15,17)/t11-,13+/m0/s1/i/hT. The number of nitrogens with one attached hydrogen (secondary N) is 1. The van der Waals surface area contributed by atoms with Crippen LogP contribution < -0.4 is 5.31 Å². The molecule has 0 unspecified atom stereocenters. The van der Waals surface area contributed by atoms with E-state index in [-0.39, 0.29) is 12.5 Å². The van der Waals surface area contributed by atoms with Crippen molar-refractivity contribution < 1.29 is 15.7 Å². The highest BCUT2D eigenvalue weighted by Crippen LogP contribution is 2.06. The molecule has 1 aromatic carbocycles. The molecule has 0 fully saturated rings. The third-order valence-corrected chi connectivity index (χ3v) is 2.83. The molecule has 0 aliphatic carbocycles. The van der Waals surface area contributed by atoms with Gasteiger partial charge in [-0.15, -0.1) is 0 Å². The Morgan fingerprint density at radius 1 is 1.50 bits per heavy atom. The zero-order valence-electron chi connectivity index (χ0n) is 11.7. The molecule has 0 saturated heterocycles. The van der Waals surface area contributed by atoms with E-state index in [9.17, 15) is 9.59 Å². The van der Waals surface area contributed by atoms with E-state index in [0.717, 1.165) is 5.56 Å². The van der Waals surface area contributed by atoms with Crippen LogP contribution in [0.4, 0.5) is 4.79 Å². The minimum absolute atomic E-state index is 0.0701. The molecule has 0 aliphatic rings. The fourth-order valence-electron chi connectivity index (χ4n) is 1.41. The van der Waals surface area contributed by atoms with E-state index in [4.69, 9.17) is 6.15 Å². The molecule has 0 bridgehead atoms. The van der Waals surface area contributed by atoms with Gasteiger partial charge < -0.3 is 14.8 Å².